The van der Waals surface area contributed by atoms with E-state index in [4.69, 9.17) is 4.74 Å². The molecule has 0 radical (unpaired) electrons. The summed E-state index contributed by atoms with van der Waals surface area (Å²) in [6.07, 6.45) is 3.27. The topological polar surface area (TPSA) is 56.5 Å². The lowest BCUT2D eigenvalue weighted by Gasteiger charge is -2.03. The van der Waals surface area contributed by atoms with Gasteiger partial charge in [0.05, 0.1) is 29.9 Å². The summed E-state index contributed by atoms with van der Waals surface area (Å²) >= 11 is 0. The van der Waals surface area contributed by atoms with Crippen LogP contribution in [0.3, 0.4) is 0 Å². The molecule has 5 heteroatoms. The Hall–Kier alpha value is -2.95. The van der Waals surface area contributed by atoms with Crippen LogP contribution in [-0.4, -0.2) is 29.0 Å². The molecule has 0 N–H and O–H groups in total. The second-order valence-corrected chi connectivity index (χ2v) is 4.40. The molecule has 0 saturated carbocycles. The number of fused-ring (bicyclic) bond motifs is 1. The van der Waals surface area contributed by atoms with Gasteiger partial charge in [0.1, 0.15) is 6.33 Å². The Morgan fingerprint density at radius 2 is 1.95 bits per heavy atom. The van der Waals surface area contributed by atoms with Gasteiger partial charge in [0.2, 0.25) is 0 Å². The maximum absolute atomic E-state index is 11.7. The molecule has 0 unspecified atom stereocenters. The van der Waals surface area contributed by atoms with Crippen molar-refractivity contribution in [1.82, 2.24) is 9.66 Å². The SMILES string of the molecule is COC(=O)c1ccccc1/C=N\n1cnc2ccccc21. The number of hydrogen-bond donors (Lipinski definition) is 0. The highest BCUT2D eigenvalue weighted by molar-refractivity contribution is 5.99. The standard InChI is InChI=1S/C16H13N3O2/c1-21-16(20)13-7-3-2-6-12(13)10-18-19-11-17-14-8-4-5-9-15(14)19/h2-11H,1H3/b18-10-. The molecule has 0 saturated heterocycles. The average molecular weight is 279 g/mol. The minimum Gasteiger partial charge on any atom is -0.465 e. The smallest absolute Gasteiger partial charge is 0.338 e. The van der Waals surface area contributed by atoms with E-state index in [0.29, 0.717) is 11.1 Å². The van der Waals surface area contributed by atoms with E-state index in [-0.39, 0.29) is 5.97 Å². The lowest BCUT2D eigenvalue weighted by atomic mass is 10.1. The van der Waals surface area contributed by atoms with Crippen molar-refractivity contribution in [2.75, 3.05) is 7.11 Å². The van der Waals surface area contributed by atoms with Crippen LogP contribution in [0.15, 0.2) is 60.0 Å². The molecule has 0 amide bonds. The first-order valence-electron chi connectivity index (χ1n) is 6.43. The minimum atomic E-state index is -0.382. The molecule has 0 aliphatic rings. The van der Waals surface area contributed by atoms with E-state index in [0.717, 1.165) is 11.0 Å². The third-order valence-electron chi connectivity index (χ3n) is 3.12. The van der Waals surface area contributed by atoms with E-state index in [9.17, 15) is 4.79 Å². The summed E-state index contributed by atoms with van der Waals surface area (Å²) < 4.78 is 6.43. The molecule has 0 spiro atoms. The Bertz CT molecular complexity index is 821. The monoisotopic (exact) mass is 279 g/mol. The van der Waals surface area contributed by atoms with Gasteiger partial charge in [-0.05, 0) is 18.2 Å². The van der Waals surface area contributed by atoms with Gasteiger partial charge >= 0.3 is 5.97 Å². The summed E-state index contributed by atoms with van der Waals surface area (Å²) in [5.74, 6) is -0.382. The second kappa shape index (κ2) is 5.58. The fourth-order valence-corrected chi connectivity index (χ4v) is 2.07. The van der Waals surface area contributed by atoms with Crippen molar-refractivity contribution in [3.8, 4) is 0 Å². The minimum absolute atomic E-state index is 0.382. The van der Waals surface area contributed by atoms with Crippen molar-refractivity contribution in [3.63, 3.8) is 0 Å². The van der Waals surface area contributed by atoms with Gasteiger partial charge in [-0.25, -0.2) is 14.5 Å². The number of rotatable bonds is 3. The van der Waals surface area contributed by atoms with Gasteiger partial charge in [-0.1, -0.05) is 30.3 Å². The number of para-hydroxylation sites is 2. The van der Waals surface area contributed by atoms with Crippen LogP contribution in [0.2, 0.25) is 0 Å². The summed E-state index contributed by atoms with van der Waals surface area (Å²) in [6.45, 7) is 0. The molecule has 0 bridgehead atoms. The second-order valence-electron chi connectivity index (χ2n) is 4.40. The molecule has 2 aromatic carbocycles. The fraction of sp³-hybridized carbons (Fsp3) is 0.0625. The highest BCUT2D eigenvalue weighted by Crippen LogP contribution is 2.12. The summed E-state index contributed by atoms with van der Waals surface area (Å²) in [5, 5.41) is 4.36. The zero-order valence-electron chi connectivity index (χ0n) is 11.4. The number of aromatic nitrogens is 2. The van der Waals surface area contributed by atoms with Gasteiger partial charge in [-0.2, -0.15) is 5.10 Å². The number of hydrogen-bond acceptors (Lipinski definition) is 4. The van der Waals surface area contributed by atoms with E-state index < -0.39 is 0 Å². The van der Waals surface area contributed by atoms with Crippen LogP contribution in [-0.2, 0) is 4.74 Å². The van der Waals surface area contributed by atoms with Crippen molar-refractivity contribution >= 4 is 23.2 Å². The Morgan fingerprint density at radius 3 is 2.81 bits per heavy atom. The van der Waals surface area contributed by atoms with Gasteiger partial charge < -0.3 is 4.74 Å². The predicted octanol–water partition coefficient (Wildman–Crippen LogP) is 2.71. The van der Waals surface area contributed by atoms with Gasteiger partial charge in [0.15, 0.2) is 0 Å². The van der Waals surface area contributed by atoms with E-state index in [1.807, 2.05) is 36.4 Å². The molecule has 1 aromatic heterocycles. The van der Waals surface area contributed by atoms with Crippen molar-refractivity contribution in [3.05, 3.63) is 66.0 Å². The number of methoxy groups -OCH3 is 1. The lowest BCUT2D eigenvalue weighted by Crippen LogP contribution is -2.05. The largest absolute Gasteiger partial charge is 0.465 e. The summed E-state index contributed by atoms with van der Waals surface area (Å²) in [5.41, 5.74) is 2.95. The molecule has 21 heavy (non-hydrogen) atoms. The van der Waals surface area contributed by atoms with Crippen LogP contribution >= 0.6 is 0 Å². The Labute approximate surface area is 121 Å². The predicted molar refractivity (Wildman–Crippen MR) is 80.5 cm³/mol. The molecule has 0 fully saturated rings. The number of nitrogens with zero attached hydrogens (tertiary/aromatic N) is 3. The average Bonchev–Trinajstić information content (AvgIpc) is 2.96. The van der Waals surface area contributed by atoms with E-state index in [1.54, 1.807) is 29.4 Å². The molecule has 5 nitrogen and oxygen atoms in total. The van der Waals surface area contributed by atoms with Crippen molar-refractivity contribution in [2.45, 2.75) is 0 Å². The van der Waals surface area contributed by atoms with Crippen LogP contribution < -0.4 is 0 Å². The molecule has 3 aromatic rings. The highest BCUT2D eigenvalue weighted by Gasteiger charge is 2.09. The summed E-state index contributed by atoms with van der Waals surface area (Å²) in [6, 6.07) is 14.9. The van der Waals surface area contributed by atoms with Crippen LogP contribution in [0, 0.1) is 0 Å². The highest BCUT2D eigenvalue weighted by atomic mass is 16.5. The first-order valence-corrected chi connectivity index (χ1v) is 6.43. The third kappa shape index (κ3) is 2.53. The Kier molecular flexibility index (Phi) is 3.47. The quantitative estimate of drug-likeness (QED) is 0.547. The number of esters is 1. The maximum atomic E-state index is 11.7. The van der Waals surface area contributed by atoms with Crippen LogP contribution in [0.4, 0.5) is 0 Å². The van der Waals surface area contributed by atoms with Gasteiger partial charge in [0, 0.05) is 5.56 Å². The summed E-state index contributed by atoms with van der Waals surface area (Å²) in [4.78, 5) is 16.0. The molecular formula is C16H13N3O2. The number of carbonyl (C=O) groups excluding carboxylic acids is 1. The number of imidazole rings is 1. The first kappa shape index (κ1) is 13.1. The zero-order chi connectivity index (χ0) is 14.7. The van der Waals surface area contributed by atoms with Gasteiger partial charge in [-0.15, -0.1) is 0 Å². The van der Waals surface area contributed by atoms with Crippen molar-refractivity contribution in [1.29, 1.82) is 0 Å². The molecule has 0 atom stereocenters. The lowest BCUT2D eigenvalue weighted by molar-refractivity contribution is 0.0600. The van der Waals surface area contributed by atoms with Crippen molar-refractivity contribution in [2.24, 2.45) is 5.10 Å². The molecule has 1 heterocycles. The molecular weight excluding hydrogens is 266 g/mol. The molecule has 0 aliphatic heterocycles. The molecule has 3 rings (SSSR count). The Balaban J connectivity index is 1.98. The van der Waals surface area contributed by atoms with Crippen LogP contribution in [0.5, 0.6) is 0 Å². The normalized spacial score (nSPS) is 11.1. The third-order valence-corrected chi connectivity index (χ3v) is 3.12. The van der Waals surface area contributed by atoms with Gasteiger partial charge in [-0.3, -0.25) is 0 Å². The molecule has 104 valence electrons. The van der Waals surface area contributed by atoms with E-state index >= 15 is 0 Å². The number of carbonyl (C=O) groups is 1. The molecule has 0 aliphatic carbocycles. The van der Waals surface area contributed by atoms with Crippen LogP contribution in [0.1, 0.15) is 15.9 Å². The van der Waals surface area contributed by atoms with E-state index in [2.05, 4.69) is 10.1 Å². The number of benzene rings is 2. The van der Waals surface area contributed by atoms with E-state index in [1.165, 1.54) is 7.11 Å². The van der Waals surface area contributed by atoms with Crippen molar-refractivity contribution < 1.29 is 9.53 Å². The maximum Gasteiger partial charge on any atom is 0.338 e. The zero-order valence-corrected chi connectivity index (χ0v) is 11.4. The van der Waals surface area contributed by atoms with Crippen LogP contribution in [0.25, 0.3) is 11.0 Å². The Morgan fingerprint density at radius 1 is 1.19 bits per heavy atom. The van der Waals surface area contributed by atoms with Gasteiger partial charge in [0.25, 0.3) is 0 Å². The number of ether oxygens (including phenoxy) is 1. The summed E-state index contributed by atoms with van der Waals surface area (Å²) in [7, 11) is 1.36. The fourth-order valence-electron chi connectivity index (χ4n) is 2.07. The first-order chi connectivity index (χ1) is 10.3.